The van der Waals surface area contributed by atoms with Crippen molar-refractivity contribution < 1.29 is 18.8 Å². The van der Waals surface area contributed by atoms with Crippen LogP contribution in [0.5, 0.6) is 0 Å². The molecule has 0 bridgehead atoms. The molecule has 2 aromatic rings. The third-order valence-corrected chi connectivity index (χ3v) is 2.72. The SMILES string of the molecule is CCOC(=O)CCNC(=O)c1cc(-c2ccccc2)no1. The van der Waals surface area contributed by atoms with E-state index in [9.17, 15) is 9.59 Å². The third-order valence-electron chi connectivity index (χ3n) is 2.72. The molecule has 110 valence electrons. The number of ether oxygens (including phenoxy) is 1. The van der Waals surface area contributed by atoms with E-state index in [4.69, 9.17) is 9.26 Å². The van der Waals surface area contributed by atoms with Crippen molar-refractivity contribution in [2.75, 3.05) is 13.2 Å². The van der Waals surface area contributed by atoms with Crippen molar-refractivity contribution in [3.63, 3.8) is 0 Å². The van der Waals surface area contributed by atoms with Crippen molar-refractivity contribution in [3.05, 3.63) is 42.2 Å². The molecular formula is C15H16N2O4. The van der Waals surface area contributed by atoms with Crippen molar-refractivity contribution in [1.82, 2.24) is 10.5 Å². The van der Waals surface area contributed by atoms with Crippen molar-refractivity contribution in [1.29, 1.82) is 0 Å². The number of nitrogens with one attached hydrogen (secondary N) is 1. The highest BCUT2D eigenvalue weighted by Gasteiger charge is 2.14. The number of esters is 1. The Bertz CT molecular complexity index is 607. The Balaban J connectivity index is 1.89. The van der Waals surface area contributed by atoms with Crippen LogP contribution in [-0.4, -0.2) is 30.2 Å². The first-order valence-electron chi connectivity index (χ1n) is 6.66. The van der Waals surface area contributed by atoms with E-state index < -0.39 is 5.91 Å². The summed E-state index contributed by atoms with van der Waals surface area (Å²) in [5, 5.41) is 6.43. The fourth-order valence-corrected chi connectivity index (χ4v) is 1.73. The van der Waals surface area contributed by atoms with Gasteiger partial charge in [-0.1, -0.05) is 35.5 Å². The molecule has 0 aliphatic carbocycles. The fourth-order valence-electron chi connectivity index (χ4n) is 1.73. The lowest BCUT2D eigenvalue weighted by molar-refractivity contribution is -0.142. The van der Waals surface area contributed by atoms with E-state index in [1.165, 1.54) is 0 Å². The molecule has 0 spiro atoms. The number of rotatable bonds is 6. The molecular weight excluding hydrogens is 272 g/mol. The van der Waals surface area contributed by atoms with E-state index in [-0.39, 0.29) is 24.7 Å². The van der Waals surface area contributed by atoms with Crippen LogP contribution in [0.25, 0.3) is 11.3 Å². The van der Waals surface area contributed by atoms with Gasteiger partial charge in [-0.3, -0.25) is 9.59 Å². The topological polar surface area (TPSA) is 81.4 Å². The highest BCUT2D eigenvalue weighted by Crippen LogP contribution is 2.18. The number of carbonyl (C=O) groups is 2. The van der Waals surface area contributed by atoms with E-state index >= 15 is 0 Å². The van der Waals surface area contributed by atoms with Crippen molar-refractivity contribution >= 4 is 11.9 Å². The second-order valence-corrected chi connectivity index (χ2v) is 4.25. The van der Waals surface area contributed by atoms with Gasteiger partial charge in [0.15, 0.2) is 0 Å². The zero-order valence-corrected chi connectivity index (χ0v) is 11.7. The monoisotopic (exact) mass is 288 g/mol. The van der Waals surface area contributed by atoms with Crippen LogP contribution in [0.3, 0.4) is 0 Å². The van der Waals surface area contributed by atoms with Gasteiger partial charge in [-0.25, -0.2) is 0 Å². The molecule has 0 fully saturated rings. The minimum absolute atomic E-state index is 0.109. The fraction of sp³-hybridized carbons (Fsp3) is 0.267. The Morgan fingerprint density at radius 3 is 2.76 bits per heavy atom. The van der Waals surface area contributed by atoms with E-state index in [0.717, 1.165) is 5.56 Å². The predicted molar refractivity (Wildman–Crippen MR) is 75.5 cm³/mol. The van der Waals surface area contributed by atoms with Gasteiger partial charge in [-0.15, -0.1) is 0 Å². The summed E-state index contributed by atoms with van der Waals surface area (Å²) in [7, 11) is 0. The first-order chi connectivity index (χ1) is 10.2. The van der Waals surface area contributed by atoms with Gasteiger partial charge in [0.2, 0.25) is 5.76 Å². The number of hydrogen-bond acceptors (Lipinski definition) is 5. The maximum absolute atomic E-state index is 11.8. The van der Waals surface area contributed by atoms with Gasteiger partial charge in [0.1, 0.15) is 5.69 Å². The average molecular weight is 288 g/mol. The molecule has 1 aromatic carbocycles. The van der Waals surface area contributed by atoms with Crippen molar-refractivity contribution in [2.45, 2.75) is 13.3 Å². The molecule has 0 radical (unpaired) electrons. The van der Waals surface area contributed by atoms with Gasteiger partial charge in [-0.05, 0) is 6.92 Å². The van der Waals surface area contributed by atoms with Crippen LogP contribution in [0.15, 0.2) is 40.9 Å². The van der Waals surface area contributed by atoms with Gasteiger partial charge in [0.05, 0.1) is 13.0 Å². The van der Waals surface area contributed by atoms with Gasteiger partial charge in [-0.2, -0.15) is 0 Å². The van der Waals surface area contributed by atoms with E-state index in [1.807, 2.05) is 30.3 Å². The predicted octanol–water partition coefficient (Wildman–Crippen LogP) is 2.02. The number of aromatic nitrogens is 1. The van der Waals surface area contributed by atoms with Crippen LogP contribution in [0, 0.1) is 0 Å². The van der Waals surface area contributed by atoms with Crippen LogP contribution in [0.4, 0.5) is 0 Å². The Hall–Kier alpha value is -2.63. The Morgan fingerprint density at radius 1 is 1.29 bits per heavy atom. The number of benzene rings is 1. The molecule has 6 nitrogen and oxygen atoms in total. The second-order valence-electron chi connectivity index (χ2n) is 4.25. The van der Waals surface area contributed by atoms with Crippen LogP contribution >= 0.6 is 0 Å². The molecule has 0 atom stereocenters. The smallest absolute Gasteiger partial charge is 0.307 e. The molecule has 1 N–H and O–H groups in total. The molecule has 1 heterocycles. The summed E-state index contributed by atoms with van der Waals surface area (Å²) in [6, 6.07) is 11.0. The molecule has 1 aromatic heterocycles. The lowest BCUT2D eigenvalue weighted by Crippen LogP contribution is -2.26. The van der Waals surface area contributed by atoms with Crippen molar-refractivity contribution in [2.24, 2.45) is 0 Å². The minimum atomic E-state index is -0.408. The minimum Gasteiger partial charge on any atom is -0.466 e. The summed E-state index contributed by atoms with van der Waals surface area (Å²) in [4.78, 5) is 23.0. The van der Waals surface area contributed by atoms with Gasteiger partial charge >= 0.3 is 5.97 Å². The Labute approximate surface area is 122 Å². The van der Waals surface area contributed by atoms with E-state index in [1.54, 1.807) is 13.0 Å². The molecule has 1 amide bonds. The molecule has 6 heteroatoms. The van der Waals surface area contributed by atoms with Crippen LogP contribution in [0.1, 0.15) is 23.9 Å². The largest absolute Gasteiger partial charge is 0.466 e. The van der Waals surface area contributed by atoms with Crippen LogP contribution in [0.2, 0.25) is 0 Å². The lowest BCUT2D eigenvalue weighted by Gasteiger charge is -2.02. The second kappa shape index (κ2) is 7.23. The summed E-state index contributed by atoms with van der Waals surface area (Å²) in [6.07, 6.45) is 0.124. The molecule has 2 rings (SSSR count). The Morgan fingerprint density at radius 2 is 2.05 bits per heavy atom. The van der Waals surface area contributed by atoms with Crippen molar-refractivity contribution in [3.8, 4) is 11.3 Å². The maximum atomic E-state index is 11.8. The number of hydrogen-bond donors (Lipinski definition) is 1. The van der Waals surface area contributed by atoms with Crippen LogP contribution in [-0.2, 0) is 9.53 Å². The normalized spacial score (nSPS) is 10.1. The molecule has 0 aliphatic heterocycles. The maximum Gasteiger partial charge on any atom is 0.307 e. The van der Waals surface area contributed by atoms with E-state index in [0.29, 0.717) is 12.3 Å². The summed E-state index contributed by atoms with van der Waals surface area (Å²) >= 11 is 0. The van der Waals surface area contributed by atoms with Gasteiger partial charge in [0, 0.05) is 18.2 Å². The lowest BCUT2D eigenvalue weighted by atomic mass is 10.1. The molecule has 0 aliphatic rings. The van der Waals surface area contributed by atoms with Gasteiger partial charge < -0.3 is 14.6 Å². The number of nitrogens with zero attached hydrogens (tertiary/aromatic N) is 1. The highest BCUT2D eigenvalue weighted by molar-refractivity contribution is 5.92. The molecule has 0 saturated carbocycles. The third kappa shape index (κ3) is 4.17. The molecule has 0 unspecified atom stereocenters. The molecule has 0 saturated heterocycles. The highest BCUT2D eigenvalue weighted by atomic mass is 16.5. The number of amides is 1. The summed E-state index contributed by atoms with van der Waals surface area (Å²) in [6.45, 7) is 2.25. The first kappa shape index (κ1) is 14.8. The molecule has 21 heavy (non-hydrogen) atoms. The zero-order chi connectivity index (χ0) is 15.1. The average Bonchev–Trinajstić information content (AvgIpc) is 2.98. The number of carbonyl (C=O) groups excluding carboxylic acids is 2. The van der Waals surface area contributed by atoms with E-state index in [2.05, 4.69) is 10.5 Å². The summed E-state index contributed by atoms with van der Waals surface area (Å²) in [5.41, 5.74) is 1.46. The standard InChI is InChI=1S/C15H16N2O4/c1-2-20-14(18)8-9-16-15(19)13-10-12(17-21-13)11-6-4-3-5-7-11/h3-7,10H,2,8-9H2,1H3,(H,16,19). The quantitative estimate of drug-likeness (QED) is 0.822. The van der Waals surface area contributed by atoms with Gasteiger partial charge in [0.25, 0.3) is 5.91 Å². The zero-order valence-electron chi connectivity index (χ0n) is 11.7. The van der Waals surface area contributed by atoms with Crippen LogP contribution < -0.4 is 5.32 Å². The summed E-state index contributed by atoms with van der Waals surface area (Å²) < 4.78 is 9.77. The summed E-state index contributed by atoms with van der Waals surface area (Å²) in [5.74, 6) is -0.646. The Kier molecular flexibility index (Phi) is 5.09. The first-order valence-corrected chi connectivity index (χ1v) is 6.66.